The fourth-order valence-electron chi connectivity index (χ4n) is 4.12. The Labute approximate surface area is 206 Å². The van der Waals surface area contributed by atoms with Gasteiger partial charge < -0.3 is 24.9 Å². The largest absolute Gasteiger partial charge is 0.421 e. The van der Waals surface area contributed by atoms with E-state index in [1.165, 1.54) is 12.8 Å². The Hall–Kier alpha value is -4.41. The average molecular weight is 488 g/mol. The predicted molar refractivity (Wildman–Crippen MR) is 134 cm³/mol. The molecule has 0 unspecified atom stereocenters. The molecule has 0 amide bonds. The lowest BCUT2D eigenvalue weighted by Crippen LogP contribution is -2.09. The maximum absolute atomic E-state index is 15.1. The average Bonchev–Trinajstić information content (AvgIpc) is 3.22. The highest BCUT2D eigenvalue weighted by molar-refractivity contribution is 5.82. The highest BCUT2D eigenvalue weighted by Crippen LogP contribution is 2.39. The van der Waals surface area contributed by atoms with Crippen LogP contribution in [0.1, 0.15) is 36.6 Å². The Morgan fingerprint density at radius 1 is 1.14 bits per heavy atom. The third kappa shape index (κ3) is 4.85. The first-order valence-electron chi connectivity index (χ1n) is 12.0. The fourth-order valence-corrected chi connectivity index (χ4v) is 4.12. The SMILES string of the molecule is Cc1cc2c(F)c(Oc3nc(NCCCn4ccnc4)cc(Nc4cc(C5CC5)[nH]n4)n3)ccc2[nH]1. The minimum atomic E-state index is -0.463. The number of aromatic amines is 2. The second-order valence-corrected chi connectivity index (χ2v) is 9.00. The van der Waals surface area contributed by atoms with Crippen LogP contribution in [-0.4, -0.2) is 41.2 Å². The molecule has 5 aromatic rings. The minimum absolute atomic E-state index is 0.0283. The molecule has 0 bridgehead atoms. The minimum Gasteiger partial charge on any atom is -0.421 e. The molecule has 1 aliphatic rings. The molecule has 0 saturated heterocycles. The summed E-state index contributed by atoms with van der Waals surface area (Å²) in [6, 6.07) is 8.90. The van der Waals surface area contributed by atoms with Crippen LogP contribution >= 0.6 is 0 Å². The van der Waals surface area contributed by atoms with Crippen LogP contribution in [0.2, 0.25) is 0 Å². The van der Waals surface area contributed by atoms with Crippen molar-refractivity contribution in [3.8, 4) is 11.8 Å². The molecule has 1 aromatic carbocycles. The summed E-state index contributed by atoms with van der Waals surface area (Å²) >= 11 is 0. The number of ether oxygens (including phenoxy) is 1. The number of benzene rings is 1. The van der Waals surface area contributed by atoms with Crippen LogP contribution in [0.25, 0.3) is 10.9 Å². The van der Waals surface area contributed by atoms with Crippen LogP contribution < -0.4 is 15.4 Å². The second-order valence-electron chi connectivity index (χ2n) is 9.00. The third-order valence-corrected chi connectivity index (χ3v) is 6.07. The molecule has 1 fully saturated rings. The number of rotatable bonds is 10. The molecule has 36 heavy (non-hydrogen) atoms. The first-order valence-corrected chi connectivity index (χ1v) is 12.0. The summed E-state index contributed by atoms with van der Waals surface area (Å²) in [5.74, 6) is 1.86. The maximum atomic E-state index is 15.1. The molecule has 0 radical (unpaired) electrons. The molecule has 184 valence electrons. The molecule has 0 aliphatic heterocycles. The molecular weight excluding hydrogens is 461 g/mol. The number of aromatic nitrogens is 7. The van der Waals surface area contributed by atoms with Crippen molar-refractivity contribution in [3.05, 3.63) is 66.3 Å². The van der Waals surface area contributed by atoms with Gasteiger partial charge in [0.05, 0.1) is 6.33 Å². The molecule has 0 spiro atoms. The van der Waals surface area contributed by atoms with Crippen molar-refractivity contribution < 1.29 is 9.13 Å². The van der Waals surface area contributed by atoms with Gasteiger partial charge in [0.2, 0.25) is 0 Å². The van der Waals surface area contributed by atoms with Crippen molar-refractivity contribution in [2.75, 3.05) is 17.2 Å². The number of hydrogen-bond acceptors (Lipinski definition) is 7. The van der Waals surface area contributed by atoms with Crippen LogP contribution in [0.15, 0.2) is 49.1 Å². The number of anilines is 3. The molecular formula is C25H26FN9O. The Balaban J connectivity index is 1.23. The number of nitrogens with zero attached hydrogens (tertiary/aromatic N) is 5. The van der Waals surface area contributed by atoms with Gasteiger partial charge in [-0.1, -0.05) is 0 Å². The van der Waals surface area contributed by atoms with Gasteiger partial charge in [0.25, 0.3) is 0 Å². The molecule has 1 saturated carbocycles. The number of nitrogens with one attached hydrogen (secondary N) is 4. The van der Waals surface area contributed by atoms with E-state index in [0.717, 1.165) is 24.4 Å². The lowest BCUT2D eigenvalue weighted by Gasteiger charge is -2.12. The van der Waals surface area contributed by atoms with Crippen LogP contribution in [0, 0.1) is 12.7 Å². The first-order chi connectivity index (χ1) is 17.6. The summed E-state index contributed by atoms with van der Waals surface area (Å²) in [6.07, 6.45) is 8.69. The Morgan fingerprint density at radius 2 is 2.03 bits per heavy atom. The van der Waals surface area contributed by atoms with E-state index in [9.17, 15) is 0 Å². The van der Waals surface area contributed by atoms with Crippen LogP contribution in [-0.2, 0) is 6.54 Å². The topological polar surface area (TPSA) is 121 Å². The number of imidazole rings is 1. The van der Waals surface area contributed by atoms with Crippen LogP contribution in [0.4, 0.5) is 21.8 Å². The lowest BCUT2D eigenvalue weighted by atomic mass is 10.2. The summed E-state index contributed by atoms with van der Waals surface area (Å²) in [5, 5.41) is 14.4. The highest BCUT2D eigenvalue weighted by atomic mass is 19.1. The van der Waals surface area contributed by atoms with E-state index in [-0.39, 0.29) is 11.8 Å². The Kier molecular flexibility index (Phi) is 5.72. The second kappa shape index (κ2) is 9.33. The summed E-state index contributed by atoms with van der Waals surface area (Å²) in [7, 11) is 0. The van der Waals surface area contributed by atoms with Gasteiger partial charge in [0, 0.05) is 65.8 Å². The zero-order chi connectivity index (χ0) is 24.5. The molecule has 0 atom stereocenters. The van der Waals surface area contributed by atoms with E-state index in [0.29, 0.717) is 40.8 Å². The number of halogens is 1. The molecule has 11 heteroatoms. The quantitative estimate of drug-likeness (QED) is 0.199. The lowest BCUT2D eigenvalue weighted by molar-refractivity contribution is 0.415. The number of hydrogen-bond donors (Lipinski definition) is 4. The highest BCUT2D eigenvalue weighted by Gasteiger charge is 2.25. The van der Waals surface area contributed by atoms with Crippen LogP contribution in [0.5, 0.6) is 11.8 Å². The summed E-state index contributed by atoms with van der Waals surface area (Å²) in [4.78, 5) is 16.1. The molecule has 6 rings (SSSR count). The van der Waals surface area contributed by atoms with Crippen molar-refractivity contribution in [3.63, 3.8) is 0 Å². The van der Waals surface area contributed by atoms with Crippen molar-refractivity contribution in [2.24, 2.45) is 0 Å². The van der Waals surface area contributed by atoms with Gasteiger partial charge in [-0.2, -0.15) is 15.1 Å². The van der Waals surface area contributed by atoms with E-state index in [1.807, 2.05) is 23.8 Å². The van der Waals surface area contributed by atoms with Crippen LogP contribution in [0.3, 0.4) is 0 Å². The van der Waals surface area contributed by atoms with E-state index in [4.69, 9.17) is 4.74 Å². The van der Waals surface area contributed by atoms with Crippen molar-refractivity contribution in [2.45, 2.75) is 38.6 Å². The maximum Gasteiger partial charge on any atom is 0.326 e. The summed E-state index contributed by atoms with van der Waals surface area (Å²) in [6.45, 7) is 3.38. The normalized spacial score (nSPS) is 13.3. The summed E-state index contributed by atoms with van der Waals surface area (Å²) < 4.78 is 23.0. The monoisotopic (exact) mass is 487 g/mol. The van der Waals surface area contributed by atoms with Gasteiger partial charge >= 0.3 is 6.01 Å². The third-order valence-electron chi connectivity index (χ3n) is 6.07. The van der Waals surface area contributed by atoms with Gasteiger partial charge in [-0.05, 0) is 44.4 Å². The van der Waals surface area contributed by atoms with Gasteiger partial charge in [0.15, 0.2) is 17.4 Å². The van der Waals surface area contributed by atoms with E-state index in [1.54, 1.807) is 36.8 Å². The van der Waals surface area contributed by atoms with Gasteiger partial charge in [-0.3, -0.25) is 5.10 Å². The van der Waals surface area contributed by atoms with Gasteiger partial charge in [-0.25, -0.2) is 9.37 Å². The fraction of sp³-hybridized carbons (Fsp3) is 0.280. The molecule has 4 heterocycles. The Bertz CT molecular complexity index is 1490. The summed E-state index contributed by atoms with van der Waals surface area (Å²) in [5.41, 5.74) is 2.69. The zero-order valence-electron chi connectivity index (χ0n) is 19.8. The molecule has 4 N–H and O–H groups in total. The van der Waals surface area contributed by atoms with E-state index < -0.39 is 5.82 Å². The van der Waals surface area contributed by atoms with E-state index >= 15 is 4.39 Å². The van der Waals surface area contributed by atoms with Crippen molar-refractivity contribution in [1.29, 1.82) is 0 Å². The smallest absolute Gasteiger partial charge is 0.326 e. The number of H-pyrrole nitrogens is 2. The van der Waals surface area contributed by atoms with Crippen molar-refractivity contribution in [1.82, 2.24) is 34.7 Å². The first kappa shape index (κ1) is 22.1. The zero-order valence-corrected chi connectivity index (χ0v) is 19.8. The molecule has 10 nitrogen and oxygen atoms in total. The molecule has 1 aliphatic carbocycles. The van der Waals surface area contributed by atoms with Gasteiger partial charge in [0.1, 0.15) is 11.6 Å². The number of fused-ring (bicyclic) bond motifs is 1. The van der Waals surface area contributed by atoms with E-state index in [2.05, 4.69) is 40.8 Å². The van der Waals surface area contributed by atoms with Crippen molar-refractivity contribution >= 4 is 28.4 Å². The molecule has 4 aromatic heterocycles. The standard InChI is InChI=1S/C25H26FN9O/c1-15-11-17-18(29-15)5-6-20(24(17)26)36-25-31-21(28-7-2-9-35-10-8-27-14-35)13-22(32-25)30-23-12-19(33-34-23)16-3-4-16/h5-6,8,10-14,16,29H,2-4,7,9H2,1H3,(H3,28,30,31,32,33,34). The Morgan fingerprint density at radius 3 is 2.86 bits per heavy atom. The van der Waals surface area contributed by atoms with Gasteiger partial charge in [-0.15, -0.1) is 0 Å². The predicted octanol–water partition coefficient (Wildman–Crippen LogP) is 5.24. The number of aryl methyl sites for hydroxylation is 2.